The van der Waals surface area contributed by atoms with Gasteiger partial charge < -0.3 is 10.5 Å². The molecule has 0 spiro atoms. The molecule has 0 aliphatic heterocycles. The second-order valence-corrected chi connectivity index (χ2v) is 4.24. The van der Waals surface area contributed by atoms with E-state index in [-0.39, 0.29) is 17.1 Å². The Hall–Kier alpha value is -2.63. The monoisotopic (exact) mass is 275 g/mol. The summed E-state index contributed by atoms with van der Waals surface area (Å²) >= 11 is 0. The molecule has 3 aromatic rings. The molecule has 102 valence electrons. The van der Waals surface area contributed by atoms with Crippen LogP contribution in [0.15, 0.2) is 36.5 Å². The van der Waals surface area contributed by atoms with Crippen molar-refractivity contribution in [3.63, 3.8) is 0 Å². The maximum absolute atomic E-state index is 13.8. The van der Waals surface area contributed by atoms with Gasteiger partial charge >= 0.3 is 0 Å². The lowest BCUT2D eigenvalue weighted by molar-refractivity contribution is 0.417. The summed E-state index contributed by atoms with van der Waals surface area (Å²) in [5, 5.41) is 0. The zero-order chi connectivity index (χ0) is 14.3. The lowest BCUT2D eigenvalue weighted by Gasteiger charge is -2.02. The van der Waals surface area contributed by atoms with Crippen LogP contribution in [0.25, 0.3) is 16.9 Å². The van der Waals surface area contributed by atoms with Crippen LogP contribution >= 0.6 is 0 Å². The molecule has 0 unspecified atom stereocenters. The predicted octanol–water partition coefficient (Wildman–Crippen LogP) is 2.87. The molecule has 4 nitrogen and oxygen atoms in total. The summed E-state index contributed by atoms with van der Waals surface area (Å²) in [4.78, 5) is 4.26. The van der Waals surface area contributed by atoms with Crippen LogP contribution in [-0.2, 0) is 0 Å². The zero-order valence-corrected chi connectivity index (χ0v) is 10.6. The fourth-order valence-corrected chi connectivity index (χ4v) is 2.10. The third-order valence-corrected chi connectivity index (χ3v) is 3.05. The summed E-state index contributed by atoms with van der Waals surface area (Å²) < 4.78 is 33.9. The minimum absolute atomic E-state index is 0.0215. The van der Waals surface area contributed by atoms with Gasteiger partial charge in [0, 0.05) is 11.8 Å². The number of fused-ring (bicyclic) bond motifs is 1. The molecule has 0 aliphatic rings. The van der Waals surface area contributed by atoms with E-state index in [1.54, 1.807) is 22.7 Å². The maximum Gasteiger partial charge on any atom is 0.181 e. The second-order valence-electron chi connectivity index (χ2n) is 4.24. The largest absolute Gasteiger partial charge is 0.493 e. The van der Waals surface area contributed by atoms with Gasteiger partial charge in [-0.1, -0.05) is 0 Å². The fraction of sp³-hybridized carbons (Fsp3) is 0.0714. The van der Waals surface area contributed by atoms with Gasteiger partial charge in [-0.3, -0.25) is 4.40 Å². The van der Waals surface area contributed by atoms with E-state index in [0.717, 1.165) is 18.2 Å². The van der Waals surface area contributed by atoms with Crippen LogP contribution in [0.1, 0.15) is 0 Å². The van der Waals surface area contributed by atoms with Gasteiger partial charge in [0.1, 0.15) is 23.1 Å². The quantitative estimate of drug-likeness (QED) is 0.782. The molecule has 0 amide bonds. The first-order valence-electron chi connectivity index (χ1n) is 5.88. The number of aromatic nitrogens is 2. The van der Waals surface area contributed by atoms with Crippen molar-refractivity contribution >= 4 is 11.5 Å². The number of methoxy groups -OCH3 is 1. The van der Waals surface area contributed by atoms with Crippen LogP contribution in [0.5, 0.6) is 5.75 Å². The summed E-state index contributed by atoms with van der Waals surface area (Å²) in [7, 11) is 1.50. The van der Waals surface area contributed by atoms with E-state index in [1.807, 2.05) is 0 Å². The van der Waals surface area contributed by atoms with E-state index in [2.05, 4.69) is 4.98 Å². The summed E-state index contributed by atoms with van der Waals surface area (Å²) in [6.45, 7) is 0. The molecule has 0 atom stereocenters. The molecule has 0 radical (unpaired) electrons. The number of anilines is 1. The molecular formula is C14H11F2N3O. The molecule has 0 saturated carbocycles. The van der Waals surface area contributed by atoms with Crippen molar-refractivity contribution in [3.8, 4) is 17.0 Å². The Morgan fingerprint density at radius 1 is 1.25 bits per heavy atom. The van der Waals surface area contributed by atoms with Crippen LogP contribution < -0.4 is 10.5 Å². The molecule has 0 fully saturated rings. The van der Waals surface area contributed by atoms with Gasteiger partial charge in [-0.25, -0.2) is 13.8 Å². The summed E-state index contributed by atoms with van der Waals surface area (Å²) in [5.41, 5.74) is 6.63. The van der Waals surface area contributed by atoms with Gasteiger partial charge in [0.05, 0.1) is 7.11 Å². The predicted molar refractivity (Wildman–Crippen MR) is 71.5 cm³/mol. The third-order valence-electron chi connectivity index (χ3n) is 3.05. The number of nitrogen functional groups attached to an aromatic ring is 1. The van der Waals surface area contributed by atoms with E-state index in [0.29, 0.717) is 11.4 Å². The Balaban J connectivity index is 2.32. The highest BCUT2D eigenvalue weighted by Crippen LogP contribution is 2.31. The molecule has 0 bridgehead atoms. The molecule has 6 heteroatoms. The van der Waals surface area contributed by atoms with Gasteiger partial charge in [-0.05, 0) is 30.3 Å². The number of imidazole rings is 1. The first-order valence-corrected chi connectivity index (χ1v) is 5.88. The first kappa shape index (κ1) is 12.4. The maximum atomic E-state index is 13.8. The van der Waals surface area contributed by atoms with Crippen LogP contribution in [0.4, 0.5) is 14.6 Å². The number of rotatable bonds is 2. The van der Waals surface area contributed by atoms with Crippen molar-refractivity contribution in [2.24, 2.45) is 0 Å². The molecule has 2 heterocycles. The van der Waals surface area contributed by atoms with E-state index in [4.69, 9.17) is 10.5 Å². The molecule has 2 aromatic heterocycles. The average molecular weight is 275 g/mol. The molecule has 1 aromatic carbocycles. The molecule has 20 heavy (non-hydrogen) atoms. The highest BCUT2D eigenvalue weighted by Gasteiger charge is 2.17. The van der Waals surface area contributed by atoms with Gasteiger partial charge in [-0.2, -0.15) is 0 Å². The number of halogens is 2. The average Bonchev–Trinajstić information content (AvgIpc) is 2.79. The number of nitrogens with zero attached hydrogens (tertiary/aromatic N) is 2. The zero-order valence-electron chi connectivity index (χ0n) is 10.6. The lowest BCUT2D eigenvalue weighted by Crippen LogP contribution is -1.96. The molecule has 2 N–H and O–H groups in total. The smallest absolute Gasteiger partial charge is 0.181 e. The molecule has 0 saturated heterocycles. The van der Waals surface area contributed by atoms with Crippen molar-refractivity contribution in [1.29, 1.82) is 0 Å². The van der Waals surface area contributed by atoms with Crippen LogP contribution in [0.2, 0.25) is 0 Å². The third kappa shape index (κ3) is 1.77. The number of benzene rings is 1. The normalized spacial score (nSPS) is 10.9. The lowest BCUT2D eigenvalue weighted by atomic mass is 10.1. The fourth-order valence-electron chi connectivity index (χ4n) is 2.10. The van der Waals surface area contributed by atoms with Gasteiger partial charge in [0.2, 0.25) is 0 Å². The van der Waals surface area contributed by atoms with E-state index in [1.165, 1.54) is 7.11 Å². The highest BCUT2D eigenvalue weighted by atomic mass is 19.1. The Morgan fingerprint density at radius 3 is 2.80 bits per heavy atom. The van der Waals surface area contributed by atoms with Gasteiger partial charge in [-0.15, -0.1) is 0 Å². The molecule has 0 aliphatic carbocycles. The Kier molecular flexibility index (Phi) is 2.78. The topological polar surface area (TPSA) is 52.5 Å². The summed E-state index contributed by atoms with van der Waals surface area (Å²) in [5.74, 6) is -0.407. The number of ether oxygens (including phenoxy) is 1. The summed E-state index contributed by atoms with van der Waals surface area (Å²) in [6, 6.07) is 6.61. The van der Waals surface area contributed by atoms with Crippen molar-refractivity contribution < 1.29 is 13.5 Å². The van der Waals surface area contributed by atoms with E-state index in [9.17, 15) is 8.78 Å². The van der Waals surface area contributed by atoms with Crippen molar-refractivity contribution in [3.05, 3.63) is 48.2 Å². The molecule has 3 rings (SSSR count). The van der Waals surface area contributed by atoms with Crippen molar-refractivity contribution in [1.82, 2.24) is 9.38 Å². The van der Waals surface area contributed by atoms with Gasteiger partial charge in [0.25, 0.3) is 0 Å². The minimum atomic E-state index is -0.583. The number of nitrogens with two attached hydrogens (primary N) is 1. The number of pyridine rings is 1. The SMILES string of the molecule is COc1cccn2c(N)c(-c3cc(F)ccc3F)nc12. The van der Waals surface area contributed by atoms with Crippen LogP contribution in [-0.4, -0.2) is 16.5 Å². The Labute approximate surface area is 113 Å². The van der Waals surface area contributed by atoms with E-state index >= 15 is 0 Å². The van der Waals surface area contributed by atoms with Crippen molar-refractivity contribution in [2.75, 3.05) is 12.8 Å². The van der Waals surface area contributed by atoms with E-state index < -0.39 is 11.6 Å². The van der Waals surface area contributed by atoms with Crippen molar-refractivity contribution in [2.45, 2.75) is 0 Å². The standard InChI is InChI=1S/C14H11F2N3O/c1-20-11-3-2-6-19-13(17)12(18-14(11)19)9-7-8(15)4-5-10(9)16/h2-7H,17H2,1H3. The Morgan fingerprint density at radius 2 is 2.05 bits per heavy atom. The number of hydrogen-bond donors (Lipinski definition) is 1. The molecular weight excluding hydrogens is 264 g/mol. The van der Waals surface area contributed by atoms with Gasteiger partial charge in [0.15, 0.2) is 11.4 Å². The van der Waals surface area contributed by atoms with Crippen LogP contribution in [0.3, 0.4) is 0 Å². The number of hydrogen-bond acceptors (Lipinski definition) is 3. The Bertz CT molecular complexity index is 798. The highest BCUT2D eigenvalue weighted by molar-refractivity contribution is 5.77. The van der Waals surface area contributed by atoms with Crippen LogP contribution in [0, 0.1) is 11.6 Å². The first-order chi connectivity index (χ1) is 9.61. The summed E-state index contributed by atoms with van der Waals surface area (Å²) in [6.07, 6.45) is 1.68. The minimum Gasteiger partial charge on any atom is -0.493 e. The second kappa shape index (κ2) is 4.48.